The zero-order valence-corrected chi connectivity index (χ0v) is 12.8. The SMILES string of the molecule is CCOc1cc(/C=N\N=C(N)c2ccccn2)cc([N+](=O)[O-])c1O. The molecule has 9 heteroatoms. The number of phenols is 1. The highest BCUT2D eigenvalue weighted by atomic mass is 16.6. The number of aromatic nitrogens is 1. The maximum atomic E-state index is 11.0. The third-order valence-electron chi connectivity index (χ3n) is 2.87. The second-order valence-corrected chi connectivity index (χ2v) is 4.52. The molecule has 2 aromatic rings. The van der Waals surface area contributed by atoms with Gasteiger partial charge < -0.3 is 15.6 Å². The molecule has 3 N–H and O–H groups in total. The normalized spacial score (nSPS) is 11.6. The third kappa shape index (κ3) is 4.03. The Hall–Kier alpha value is -3.49. The number of nitrogens with two attached hydrogens (primary N) is 1. The van der Waals surface area contributed by atoms with Gasteiger partial charge in [0.1, 0.15) is 5.69 Å². The Labute approximate surface area is 137 Å². The number of benzene rings is 1. The van der Waals surface area contributed by atoms with E-state index in [9.17, 15) is 15.2 Å². The molecule has 2 rings (SSSR count). The molecular weight excluding hydrogens is 314 g/mol. The summed E-state index contributed by atoms with van der Waals surface area (Å²) in [6.45, 7) is 1.94. The summed E-state index contributed by atoms with van der Waals surface area (Å²) in [5, 5.41) is 28.4. The molecular formula is C15H15N5O4. The fourth-order valence-electron chi connectivity index (χ4n) is 1.82. The van der Waals surface area contributed by atoms with Crippen LogP contribution < -0.4 is 10.5 Å². The van der Waals surface area contributed by atoms with Crippen LogP contribution in [0.25, 0.3) is 0 Å². The summed E-state index contributed by atoms with van der Waals surface area (Å²) < 4.78 is 5.18. The van der Waals surface area contributed by atoms with Crippen LogP contribution in [0, 0.1) is 10.1 Å². The predicted octanol–water partition coefficient (Wildman–Crippen LogP) is 1.83. The minimum atomic E-state index is -0.708. The van der Waals surface area contributed by atoms with Crippen LogP contribution in [-0.2, 0) is 0 Å². The van der Waals surface area contributed by atoms with Crippen LogP contribution in [0.4, 0.5) is 5.69 Å². The van der Waals surface area contributed by atoms with Crippen LogP contribution >= 0.6 is 0 Å². The fourth-order valence-corrected chi connectivity index (χ4v) is 1.82. The number of ether oxygens (including phenoxy) is 1. The van der Waals surface area contributed by atoms with Crippen molar-refractivity contribution in [2.24, 2.45) is 15.9 Å². The number of hydrogen-bond donors (Lipinski definition) is 2. The molecule has 0 spiro atoms. The molecule has 124 valence electrons. The van der Waals surface area contributed by atoms with Gasteiger partial charge in [-0.05, 0) is 25.1 Å². The highest BCUT2D eigenvalue weighted by molar-refractivity contribution is 5.96. The van der Waals surface area contributed by atoms with Gasteiger partial charge in [0.25, 0.3) is 0 Å². The summed E-state index contributed by atoms with van der Waals surface area (Å²) in [7, 11) is 0. The number of phenolic OH excluding ortho intramolecular Hbond substituents is 1. The third-order valence-corrected chi connectivity index (χ3v) is 2.87. The van der Waals surface area contributed by atoms with Crippen molar-refractivity contribution in [3.8, 4) is 11.5 Å². The van der Waals surface area contributed by atoms with Gasteiger partial charge >= 0.3 is 5.69 Å². The topological polar surface area (TPSA) is 136 Å². The molecule has 0 aliphatic carbocycles. The molecule has 0 saturated heterocycles. The second kappa shape index (κ2) is 7.68. The van der Waals surface area contributed by atoms with E-state index in [1.807, 2.05) is 0 Å². The second-order valence-electron chi connectivity index (χ2n) is 4.52. The Morgan fingerprint density at radius 3 is 2.92 bits per heavy atom. The number of nitro benzene ring substituents is 1. The van der Waals surface area contributed by atoms with Crippen LogP contribution in [0.5, 0.6) is 11.5 Å². The zero-order chi connectivity index (χ0) is 17.5. The van der Waals surface area contributed by atoms with E-state index in [0.29, 0.717) is 11.3 Å². The lowest BCUT2D eigenvalue weighted by Gasteiger charge is -2.06. The van der Waals surface area contributed by atoms with Crippen molar-refractivity contribution >= 4 is 17.7 Å². The van der Waals surface area contributed by atoms with Crippen LogP contribution in [0.3, 0.4) is 0 Å². The lowest BCUT2D eigenvalue weighted by Crippen LogP contribution is -2.14. The van der Waals surface area contributed by atoms with Gasteiger partial charge in [-0.3, -0.25) is 15.1 Å². The van der Waals surface area contributed by atoms with Crippen LogP contribution in [0.15, 0.2) is 46.7 Å². The summed E-state index contributed by atoms with van der Waals surface area (Å²) in [5.74, 6) is -0.435. The molecule has 0 amide bonds. The Balaban J connectivity index is 2.30. The predicted molar refractivity (Wildman–Crippen MR) is 88.5 cm³/mol. The molecule has 0 unspecified atom stereocenters. The molecule has 0 saturated carbocycles. The number of rotatable bonds is 6. The molecule has 24 heavy (non-hydrogen) atoms. The molecule has 1 heterocycles. The first kappa shape index (κ1) is 16.9. The Bertz CT molecular complexity index is 790. The van der Waals surface area contributed by atoms with E-state index in [1.54, 1.807) is 31.3 Å². The molecule has 1 aromatic heterocycles. The average Bonchev–Trinajstić information content (AvgIpc) is 2.58. The van der Waals surface area contributed by atoms with E-state index >= 15 is 0 Å². The summed E-state index contributed by atoms with van der Waals surface area (Å²) in [6.07, 6.45) is 2.84. The summed E-state index contributed by atoms with van der Waals surface area (Å²) >= 11 is 0. The number of pyridine rings is 1. The molecule has 0 fully saturated rings. The van der Waals surface area contributed by atoms with Gasteiger partial charge in [-0.25, -0.2) is 0 Å². The molecule has 0 aliphatic rings. The molecule has 0 aliphatic heterocycles. The van der Waals surface area contributed by atoms with Gasteiger partial charge in [0.2, 0.25) is 5.75 Å². The zero-order valence-electron chi connectivity index (χ0n) is 12.8. The van der Waals surface area contributed by atoms with Gasteiger partial charge in [0.05, 0.1) is 17.7 Å². The van der Waals surface area contributed by atoms with Gasteiger partial charge in [-0.2, -0.15) is 5.10 Å². The highest BCUT2D eigenvalue weighted by Gasteiger charge is 2.19. The van der Waals surface area contributed by atoms with E-state index < -0.39 is 16.4 Å². The van der Waals surface area contributed by atoms with Crippen molar-refractivity contribution < 1.29 is 14.8 Å². The Morgan fingerprint density at radius 2 is 2.29 bits per heavy atom. The lowest BCUT2D eigenvalue weighted by atomic mass is 10.2. The van der Waals surface area contributed by atoms with Crippen molar-refractivity contribution in [1.82, 2.24) is 4.98 Å². The van der Waals surface area contributed by atoms with Gasteiger partial charge in [-0.15, -0.1) is 5.10 Å². The minimum Gasteiger partial charge on any atom is -0.500 e. The first-order valence-corrected chi connectivity index (χ1v) is 6.95. The number of nitro groups is 1. The number of nitrogens with zero attached hydrogens (tertiary/aromatic N) is 4. The van der Waals surface area contributed by atoms with Crippen molar-refractivity contribution in [2.75, 3.05) is 6.61 Å². The Morgan fingerprint density at radius 1 is 1.50 bits per heavy atom. The van der Waals surface area contributed by atoms with E-state index in [2.05, 4.69) is 15.2 Å². The quantitative estimate of drug-likeness (QED) is 0.359. The van der Waals surface area contributed by atoms with Crippen molar-refractivity contribution in [3.63, 3.8) is 0 Å². The van der Waals surface area contributed by atoms with E-state index in [1.165, 1.54) is 12.3 Å². The van der Waals surface area contributed by atoms with E-state index in [0.717, 1.165) is 6.07 Å². The lowest BCUT2D eigenvalue weighted by molar-refractivity contribution is -0.386. The van der Waals surface area contributed by atoms with Gasteiger partial charge in [0, 0.05) is 17.8 Å². The van der Waals surface area contributed by atoms with Crippen molar-refractivity contribution in [3.05, 3.63) is 57.9 Å². The number of aromatic hydroxyl groups is 1. The van der Waals surface area contributed by atoms with Crippen LogP contribution in [0.1, 0.15) is 18.2 Å². The average molecular weight is 329 g/mol. The maximum Gasteiger partial charge on any atom is 0.315 e. The Kier molecular flexibility index (Phi) is 5.40. The minimum absolute atomic E-state index is 0.00479. The molecule has 0 bridgehead atoms. The largest absolute Gasteiger partial charge is 0.500 e. The monoisotopic (exact) mass is 329 g/mol. The molecule has 1 aromatic carbocycles. The van der Waals surface area contributed by atoms with Crippen molar-refractivity contribution in [1.29, 1.82) is 0 Å². The smallest absolute Gasteiger partial charge is 0.315 e. The summed E-state index contributed by atoms with van der Waals surface area (Å²) in [4.78, 5) is 14.3. The van der Waals surface area contributed by atoms with Gasteiger partial charge in [-0.1, -0.05) is 6.07 Å². The van der Waals surface area contributed by atoms with Crippen LogP contribution in [-0.4, -0.2) is 33.7 Å². The van der Waals surface area contributed by atoms with Crippen LogP contribution in [0.2, 0.25) is 0 Å². The molecule has 0 radical (unpaired) electrons. The highest BCUT2D eigenvalue weighted by Crippen LogP contribution is 2.36. The fraction of sp³-hybridized carbons (Fsp3) is 0.133. The standard InChI is InChI=1S/C15H15N5O4/c1-2-24-13-8-10(7-12(14(13)21)20(22)23)9-18-19-15(16)11-5-3-4-6-17-11/h3-9,21H,2H2,1H3,(H2,16,19)/b18-9-. The van der Waals surface area contributed by atoms with E-state index in [4.69, 9.17) is 10.5 Å². The number of hydrogen-bond acceptors (Lipinski definition) is 7. The first-order chi connectivity index (χ1) is 11.5. The summed E-state index contributed by atoms with van der Waals surface area (Å²) in [5.41, 5.74) is 6.05. The van der Waals surface area contributed by atoms with E-state index in [-0.39, 0.29) is 18.2 Å². The maximum absolute atomic E-state index is 11.0. The first-order valence-electron chi connectivity index (χ1n) is 6.95. The number of amidine groups is 1. The van der Waals surface area contributed by atoms with Gasteiger partial charge in [0.15, 0.2) is 11.6 Å². The molecule has 9 nitrogen and oxygen atoms in total. The molecule has 0 atom stereocenters. The van der Waals surface area contributed by atoms with Crippen molar-refractivity contribution in [2.45, 2.75) is 6.92 Å². The summed E-state index contributed by atoms with van der Waals surface area (Å²) in [6, 6.07) is 7.75.